The molecule has 1 aliphatic heterocycles. The van der Waals surface area contributed by atoms with Crippen LogP contribution in [0.3, 0.4) is 0 Å². The zero-order valence-electron chi connectivity index (χ0n) is 19.3. The Bertz CT molecular complexity index is 360. The van der Waals surface area contributed by atoms with Crippen molar-refractivity contribution in [2.45, 2.75) is 96.8 Å². The molecule has 0 spiro atoms. The summed E-state index contributed by atoms with van der Waals surface area (Å²) in [5.41, 5.74) is 0. The standard InChI is InChI=1S/C24H49N3O2/c1-2-3-4-5-6-7-8-9-10-11-12-13-17-26-24(28)15-18-25-16-14-19-27-20-22-29-23-21-27/h25H,2-23H2,1H3,(H,26,28). The molecule has 5 heteroatoms. The van der Waals surface area contributed by atoms with Crippen molar-refractivity contribution in [3.8, 4) is 0 Å². The number of rotatable bonds is 20. The molecule has 1 aliphatic rings. The van der Waals surface area contributed by atoms with Crippen LogP contribution in [0.1, 0.15) is 96.8 Å². The number of morpholine rings is 1. The number of hydrogen-bond donors (Lipinski definition) is 2. The minimum absolute atomic E-state index is 0.189. The van der Waals surface area contributed by atoms with E-state index in [1.165, 1.54) is 70.6 Å². The number of nitrogens with zero attached hydrogens (tertiary/aromatic N) is 1. The van der Waals surface area contributed by atoms with Crippen LogP contribution in [0.15, 0.2) is 0 Å². The molecule has 0 radical (unpaired) electrons. The fourth-order valence-corrected chi connectivity index (χ4v) is 3.86. The summed E-state index contributed by atoms with van der Waals surface area (Å²) in [5.74, 6) is 0.189. The lowest BCUT2D eigenvalue weighted by Crippen LogP contribution is -2.38. The van der Waals surface area contributed by atoms with Crippen LogP contribution in [0.5, 0.6) is 0 Å². The fourth-order valence-electron chi connectivity index (χ4n) is 3.86. The van der Waals surface area contributed by atoms with Crippen LogP contribution >= 0.6 is 0 Å². The van der Waals surface area contributed by atoms with Crippen LogP contribution in [0.2, 0.25) is 0 Å². The molecule has 0 saturated carbocycles. The first-order chi connectivity index (χ1) is 14.3. The van der Waals surface area contributed by atoms with Gasteiger partial charge in [0.1, 0.15) is 0 Å². The third-order valence-electron chi connectivity index (χ3n) is 5.81. The Morgan fingerprint density at radius 2 is 1.34 bits per heavy atom. The Balaban J connectivity index is 1.72. The maximum Gasteiger partial charge on any atom is 0.221 e. The highest BCUT2D eigenvalue weighted by Crippen LogP contribution is 2.11. The van der Waals surface area contributed by atoms with Gasteiger partial charge in [-0.25, -0.2) is 0 Å². The number of carbonyl (C=O) groups excluding carboxylic acids is 1. The third-order valence-corrected chi connectivity index (χ3v) is 5.81. The normalized spacial score (nSPS) is 14.9. The minimum atomic E-state index is 0.189. The molecule has 0 aromatic rings. The van der Waals surface area contributed by atoms with E-state index in [1.54, 1.807) is 0 Å². The Labute approximate surface area is 180 Å². The molecule has 1 heterocycles. The van der Waals surface area contributed by atoms with Crippen molar-refractivity contribution >= 4 is 5.91 Å². The number of nitrogens with one attached hydrogen (secondary N) is 2. The smallest absolute Gasteiger partial charge is 0.221 e. The highest BCUT2D eigenvalue weighted by molar-refractivity contribution is 5.75. The summed E-state index contributed by atoms with van der Waals surface area (Å²) in [5, 5.41) is 6.45. The van der Waals surface area contributed by atoms with Gasteiger partial charge in [-0.15, -0.1) is 0 Å². The Morgan fingerprint density at radius 3 is 1.97 bits per heavy atom. The second kappa shape index (κ2) is 20.6. The quantitative estimate of drug-likeness (QED) is 0.290. The van der Waals surface area contributed by atoms with Gasteiger partial charge in [-0.1, -0.05) is 77.6 Å². The van der Waals surface area contributed by atoms with Crippen LogP contribution < -0.4 is 10.6 Å². The van der Waals surface area contributed by atoms with Crippen LogP contribution in [-0.4, -0.2) is 63.3 Å². The molecule has 0 aromatic carbocycles. The van der Waals surface area contributed by atoms with Crippen molar-refractivity contribution < 1.29 is 9.53 Å². The molecule has 0 atom stereocenters. The molecule has 0 aliphatic carbocycles. The van der Waals surface area contributed by atoms with E-state index < -0.39 is 0 Å². The highest BCUT2D eigenvalue weighted by atomic mass is 16.5. The van der Waals surface area contributed by atoms with Gasteiger partial charge in [0.15, 0.2) is 0 Å². The summed E-state index contributed by atoms with van der Waals surface area (Å²) in [6.45, 7) is 9.87. The van der Waals surface area contributed by atoms with Crippen molar-refractivity contribution in [1.82, 2.24) is 15.5 Å². The molecule has 2 N–H and O–H groups in total. The number of amides is 1. The van der Waals surface area contributed by atoms with Crippen molar-refractivity contribution in [1.29, 1.82) is 0 Å². The molecule has 0 unspecified atom stereocenters. The third kappa shape index (κ3) is 17.9. The van der Waals surface area contributed by atoms with E-state index in [0.717, 1.165) is 65.3 Å². The van der Waals surface area contributed by atoms with E-state index in [4.69, 9.17) is 4.74 Å². The molecule has 1 saturated heterocycles. The molecule has 29 heavy (non-hydrogen) atoms. The average molecular weight is 412 g/mol. The van der Waals surface area contributed by atoms with E-state index in [-0.39, 0.29) is 5.91 Å². The van der Waals surface area contributed by atoms with Crippen LogP contribution in [0.4, 0.5) is 0 Å². The van der Waals surface area contributed by atoms with Crippen molar-refractivity contribution in [3.63, 3.8) is 0 Å². The van der Waals surface area contributed by atoms with Crippen LogP contribution in [0.25, 0.3) is 0 Å². The largest absolute Gasteiger partial charge is 0.379 e. The van der Waals surface area contributed by atoms with Gasteiger partial charge in [-0.05, 0) is 25.9 Å². The monoisotopic (exact) mass is 411 g/mol. The number of hydrogen-bond acceptors (Lipinski definition) is 4. The summed E-state index contributed by atoms with van der Waals surface area (Å²) in [6.07, 6.45) is 18.0. The number of carbonyl (C=O) groups is 1. The number of ether oxygens (including phenoxy) is 1. The maximum atomic E-state index is 11.9. The van der Waals surface area contributed by atoms with Gasteiger partial charge in [-0.3, -0.25) is 9.69 Å². The lowest BCUT2D eigenvalue weighted by molar-refractivity contribution is -0.121. The van der Waals surface area contributed by atoms with Crippen molar-refractivity contribution in [2.24, 2.45) is 0 Å². The zero-order valence-corrected chi connectivity index (χ0v) is 19.3. The summed E-state index contributed by atoms with van der Waals surface area (Å²) < 4.78 is 5.36. The molecular weight excluding hydrogens is 362 g/mol. The minimum Gasteiger partial charge on any atom is -0.379 e. The molecule has 1 fully saturated rings. The second-order valence-corrected chi connectivity index (χ2v) is 8.55. The molecule has 5 nitrogen and oxygen atoms in total. The van der Waals surface area contributed by atoms with Gasteiger partial charge in [-0.2, -0.15) is 0 Å². The fraction of sp³-hybridized carbons (Fsp3) is 0.958. The predicted octanol–water partition coefficient (Wildman–Crippen LogP) is 4.51. The zero-order chi connectivity index (χ0) is 20.8. The summed E-state index contributed by atoms with van der Waals surface area (Å²) >= 11 is 0. The highest BCUT2D eigenvalue weighted by Gasteiger charge is 2.09. The van der Waals surface area contributed by atoms with E-state index in [0.29, 0.717) is 6.42 Å². The van der Waals surface area contributed by atoms with Gasteiger partial charge in [0.05, 0.1) is 13.2 Å². The molecule has 0 aromatic heterocycles. The maximum absolute atomic E-state index is 11.9. The van der Waals surface area contributed by atoms with E-state index in [1.807, 2.05) is 0 Å². The van der Waals surface area contributed by atoms with Crippen molar-refractivity contribution in [3.05, 3.63) is 0 Å². The average Bonchev–Trinajstić information content (AvgIpc) is 2.74. The Morgan fingerprint density at radius 1 is 0.759 bits per heavy atom. The Hall–Kier alpha value is -0.650. The van der Waals surface area contributed by atoms with Crippen molar-refractivity contribution in [2.75, 3.05) is 52.5 Å². The summed E-state index contributed by atoms with van der Waals surface area (Å²) in [6, 6.07) is 0. The molecular formula is C24H49N3O2. The van der Waals surface area contributed by atoms with Gasteiger partial charge < -0.3 is 15.4 Å². The van der Waals surface area contributed by atoms with Gasteiger partial charge in [0, 0.05) is 32.6 Å². The Kier molecular flexibility index (Phi) is 18.8. The lowest BCUT2D eigenvalue weighted by Gasteiger charge is -2.26. The first-order valence-corrected chi connectivity index (χ1v) is 12.6. The van der Waals surface area contributed by atoms with Gasteiger partial charge in [0.25, 0.3) is 0 Å². The first-order valence-electron chi connectivity index (χ1n) is 12.6. The van der Waals surface area contributed by atoms with E-state index in [2.05, 4.69) is 22.5 Å². The second-order valence-electron chi connectivity index (χ2n) is 8.55. The molecule has 172 valence electrons. The molecule has 1 amide bonds. The van der Waals surface area contributed by atoms with Gasteiger partial charge >= 0.3 is 0 Å². The lowest BCUT2D eigenvalue weighted by atomic mass is 10.1. The first kappa shape index (κ1) is 26.4. The number of unbranched alkanes of at least 4 members (excludes halogenated alkanes) is 11. The summed E-state index contributed by atoms with van der Waals surface area (Å²) in [4.78, 5) is 14.3. The summed E-state index contributed by atoms with van der Waals surface area (Å²) in [7, 11) is 0. The van der Waals surface area contributed by atoms with Crippen LogP contribution in [-0.2, 0) is 9.53 Å². The SMILES string of the molecule is CCCCCCCCCCCCCCNC(=O)CCNCCCN1CCOCC1. The van der Waals surface area contributed by atoms with E-state index in [9.17, 15) is 4.79 Å². The predicted molar refractivity (Wildman–Crippen MR) is 123 cm³/mol. The molecule has 1 rings (SSSR count). The van der Waals surface area contributed by atoms with Gasteiger partial charge in [0.2, 0.25) is 5.91 Å². The topological polar surface area (TPSA) is 53.6 Å². The van der Waals surface area contributed by atoms with E-state index >= 15 is 0 Å². The van der Waals surface area contributed by atoms with Crippen LogP contribution in [0, 0.1) is 0 Å². The molecule has 0 bridgehead atoms.